The Morgan fingerprint density at radius 3 is 1.91 bits per heavy atom. The van der Waals surface area contributed by atoms with Crippen molar-refractivity contribution in [3.63, 3.8) is 0 Å². The first-order valence-corrected chi connectivity index (χ1v) is 22.2. The van der Waals surface area contributed by atoms with Crippen LogP contribution in [0.25, 0.3) is 72.7 Å². The molecule has 4 heteroatoms. The summed E-state index contributed by atoms with van der Waals surface area (Å²) in [5.41, 5.74) is -3.46. The number of rotatable bonds is 10. The van der Waals surface area contributed by atoms with Crippen LogP contribution in [0.1, 0.15) is 191 Å². The van der Waals surface area contributed by atoms with Crippen LogP contribution in [-0.2, 0) is 10.8 Å². The predicted octanol–water partition coefficient (Wildman–Crippen LogP) is 17.9. The summed E-state index contributed by atoms with van der Waals surface area (Å²) in [4.78, 5) is 9.66. The van der Waals surface area contributed by atoms with Crippen LogP contribution in [0.15, 0.2) is 127 Å². The van der Waals surface area contributed by atoms with Crippen LogP contribution in [0.4, 0.5) is 0 Å². The number of hydrogen-bond donors (Lipinski definition) is 1. The third-order valence-corrected chi connectivity index (χ3v) is 12.0. The van der Waals surface area contributed by atoms with Crippen molar-refractivity contribution in [2.24, 2.45) is 0 Å². The molecule has 344 valence electrons. The normalized spacial score (nSPS) is 18.8. The lowest BCUT2D eigenvalue weighted by Crippen LogP contribution is -2.11. The number of phenols is 1. The molecule has 0 unspecified atom stereocenters. The number of pyridine rings is 1. The van der Waals surface area contributed by atoms with Gasteiger partial charge in [-0.15, -0.1) is 0 Å². The van der Waals surface area contributed by atoms with Gasteiger partial charge in [0.2, 0.25) is 0 Å². The second-order valence-corrected chi connectivity index (χ2v) is 19.1. The molecule has 0 saturated carbocycles. The quantitative estimate of drug-likeness (QED) is 0.149. The molecule has 0 aliphatic rings. The molecule has 0 aliphatic heterocycles. The molecule has 6 aromatic carbocycles. The lowest BCUT2D eigenvalue weighted by atomic mass is 9.83. The van der Waals surface area contributed by atoms with Crippen molar-refractivity contribution in [1.29, 1.82) is 0 Å². The largest absolute Gasteiger partial charge is 0.507 e. The minimum Gasteiger partial charge on any atom is -0.507 e. The van der Waals surface area contributed by atoms with Crippen LogP contribution in [-0.4, -0.2) is 19.6 Å². The molecule has 2 aromatic heterocycles. The Bertz CT molecular complexity index is 4090. The predicted molar refractivity (Wildman–Crippen MR) is 286 cm³/mol. The van der Waals surface area contributed by atoms with E-state index in [0.717, 1.165) is 0 Å². The van der Waals surface area contributed by atoms with E-state index in [9.17, 15) is 18.8 Å². The summed E-state index contributed by atoms with van der Waals surface area (Å²) < 4.78 is 205. The fourth-order valence-corrected chi connectivity index (χ4v) is 8.37. The topological polar surface area (TPSA) is 50.9 Å². The summed E-state index contributed by atoms with van der Waals surface area (Å²) in [7, 11) is 0. The fourth-order valence-electron chi connectivity index (χ4n) is 8.37. The van der Waals surface area contributed by atoms with Crippen LogP contribution >= 0.6 is 0 Å². The highest BCUT2D eigenvalue weighted by molar-refractivity contribution is 5.97. The average Bonchev–Trinajstić information content (AvgIpc) is 0.753. The maximum absolute atomic E-state index is 12.5. The Morgan fingerprint density at radius 2 is 1.28 bits per heavy atom. The Balaban J connectivity index is 1.49. The Hall–Kier alpha value is -6.26. The van der Waals surface area contributed by atoms with Gasteiger partial charge >= 0.3 is 0 Å². The zero-order valence-corrected chi connectivity index (χ0v) is 39.9. The molecule has 4 nitrogen and oxygen atoms in total. The maximum Gasteiger partial charge on any atom is 0.149 e. The number of imidazole rings is 1. The second-order valence-electron chi connectivity index (χ2n) is 19.1. The number of aromatic hydroxyl groups is 1. The van der Waals surface area contributed by atoms with E-state index in [1.165, 1.54) is 6.07 Å². The number of aryl methyl sites for hydroxylation is 1. The van der Waals surface area contributed by atoms with E-state index < -0.39 is 121 Å². The number of fused-ring (bicyclic) bond motifs is 1. The van der Waals surface area contributed by atoms with Gasteiger partial charge in [-0.3, -0.25) is 9.55 Å². The van der Waals surface area contributed by atoms with Crippen LogP contribution in [0.2, 0.25) is 0 Å². The number of hydrogen-bond acceptors (Lipinski definition) is 3. The van der Waals surface area contributed by atoms with Gasteiger partial charge in [0, 0.05) is 39.2 Å². The lowest BCUT2D eigenvalue weighted by molar-refractivity contribution is 0.466. The third kappa shape index (κ3) is 9.25. The molecule has 67 heavy (non-hydrogen) atoms. The molecule has 0 spiro atoms. The van der Waals surface area contributed by atoms with Crippen molar-refractivity contribution in [3.8, 4) is 67.5 Å². The number of para-hydroxylation sites is 1. The van der Waals surface area contributed by atoms with Gasteiger partial charge in [-0.1, -0.05) is 169 Å². The van der Waals surface area contributed by atoms with Crippen molar-refractivity contribution in [3.05, 3.63) is 166 Å². The Kier molecular flexibility index (Phi) is 7.11. The van der Waals surface area contributed by atoms with Gasteiger partial charge in [0.05, 0.1) is 37.6 Å². The Morgan fingerprint density at radius 1 is 0.612 bits per heavy atom. The lowest BCUT2D eigenvalue weighted by Gasteiger charge is -2.22. The minimum atomic E-state index is -3.98. The second kappa shape index (κ2) is 18.1. The number of aromatic nitrogens is 3. The van der Waals surface area contributed by atoms with Crippen LogP contribution in [0, 0.1) is 6.85 Å². The van der Waals surface area contributed by atoms with Crippen LogP contribution in [0.3, 0.4) is 0 Å². The summed E-state index contributed by atoms with van der Waals surface area (Å²) >= 11 is 0. The Labute approximate surface area is 433 Å². The monoisotopic (exact) mass is 909 g/mol. The smallest absolute Gasteiger partial charge is 0.149 e. The molecule has 0 saturated heterocycles. The summed E-state index contributed by atoms with van der Waals surface area (Å²) in [5, 5.41) is 12.5. The van der Waals surface area contributed by atoms with E-state index in [0.29, 0.717) is 50.0 Å². The first-order chi connectivity index (χ1) is 40.7. The van der Waals surface area contributed by atoms with Crippen LogP contribution < -0.4 is 0 Å². The average molecular weight is 909 g/mol. The first kappa shape index (κ1) is 26.3. The summed E-state index contributed by atoms with van der Waals surface area (Å²) in [6, 6.07) is 16.8. The van der Waals surface area contributed by atoms with Crippen molar-refractivity contribution in [1.82, 2.24) is 14.5 Å². The van der Waals surface area contributed by atoms with E-state index in [-0.39, 0.29) is 50.7 Å². The van der Waals surface area contributed by atoms with Crippen molar-refractivity contribution in [2.45, 2.75) is 138 Å². The van der Waals surface area contributed by atoms with Crippen molar-refractivity contribution >= 4 is 11.0 Å². The van der Waals surface area contributed by atoms with Gasteiger partial charge in [0.1, 0.15) is 11.6 Å². The zero-order valence-electron chi connectivity index (χ0n) is 62.9. The molecule has 1 N–H and O–H groups in total. The van der Waals surface area contributed by atoms with E-state index in [1.807, 2.05) is 26.8 Å². The number of nitrogens with zero attached hydrogens (tertiary/aromatic N) is 3. The van der Waals surface area contributed by atoms with Gasteiger partial charge in [-0.2, -0.15) is 0 Å². The standard InChI is InChI=1S/C63H71N3O/c1-37(2)45-34-53(40(7)8)60(67)54(35-45)61-65-59-52(20-17-21-57(59)66(61)56-27-24-44(30-41(56)9)58-50(38(3)4)18-16-19-51(58)39(5)6)46-31-47(33-49(32-46)63(13,14)15)55-36-43(28-29-64-55)42-22-25-48(26-23-42)62(10,11)12/h16-40,67H,1-15H3/i9D3,10D3,11D3,12D3,22D,23D,25D,26D,28D,29D,36D,37D,38D,39D,40D. The van der Waals surface area contributed by atoms with Crippen molar-refractivity contribution < 1.29 is 36.6 Å². The summed E-state index contributed by atoms with van der Waals surface area (Å²) in [5.74, 6) is -5.53. The van der Waals surface area contributed by atoms with Gasteiger partial charge in [-0.05, 0) is 157 Å². The fraction of sp³-hybridized carbons (Fsp3) is 0.333. The highest BCUT2D eigenvalue weighted by Gasteiger charge is 2.26. The van der Waals surface area contributed by atoms with E-state index in [2.05, 4.69) is 4.98 Å². The third-order valence-electron chi connectivity index (χ3n) is 12.0. The molecule has 8 aromatic rings. The SMILES string of the molecule is [2H]c1nc(-c2cc(-c3cccc4c3nc(-c3cc(C([2H])(C)C)cc(C([2H])(C)C)c3O)n4-c3ccc(-c4c(C([2H])(C)C)cccc4C([2H])(C)C)cc3C([2H])([2H])[2H])cc(C(C)(C)C)c2)c([2H])c(-c2c([2H])c([2H])c(C(C([2H])([2H])[2H])(C([2H])([2H])[2H])C([2H])([2H])[2H])c([2H])c2[2H])c1[2H]. The van der Waals surface area contributed by atoms with Gasteiger partial charge in [0.25, 0.3) is 0 Å². The van der Waals surface area contributed by atoms with Gasteiger partial charge < -0.3 is 5.11 Å². The summed E-state index contributed by atoms with van der Waals surface area (Å²) in [6.45, 7) is 4.14. The van der Waals surface area contributed by atoms with Gasteiger partial charge in [0.15, 0.2) is 0 Å². The minimum absolute atomic E-state index is 0.00193. The number of phenolic OH excluding ortho intramolecular Hbond substituents is 1. The molecule has 0 amide bonds. The zero-order chi connectivity index (χ0) is 68.1. The molecule has 0 radical (unpaired) electrons. The van der Waals surface area contributed by atoms with E-state index >= 15 is 0 Å². The summed E-state index contributed by atoms with van der Waals surface area (Å²) in [6.07, 6.45) is -0.817. The van der Waals surface area contributed by atoms with Crippen molar-refractivity contribution in [2.75, 3.05) is 0 Å². The molecule has 2 heterocycles. The highest BCUT2D eigenvalue weighted by atomic mass is 16.3. The maximum atomic E-state index is 12.5. The molecule has 0 bridgehead atoms. The molecular formula is C63H71N3O. The molecule has 8 rings (SSSR count). The van der Waals surface area contributed by atoms with E-state index in [4.69, 9.17) is 22.8 Å². The molecular weight excluding hydrogens is 815 g/mol. The first-order valence-electron chi connectivity index (χ1n) is 33.7. The molecule has 0 fully saturated rings. The highest BCUT2D eigenvalue weighted by Crippen LogP contribution is 2.45. The number of benzene rings is 6. The van der Waals surface area contributed by atoms with E-state index in [1.54, 1.807) is 133 Å². The van der Waals surface area contributed by atoms with Crippen LogP contribution in [0.5, 0.6) is 5.75 Å². The molecule has 0 aliphatic carbocycles. The molecule has 0 atom stereocenters. The van der Waals surface area contributed by atoms with Gasteiger partial charge in [-0.25, -0.2) is 4.98 Å².